The standard InChI is InChI=1S/C14H14ClN3/c1-10(2)8-18-9-13(7-17-18)12-3-11(6-16)4-14(15)5-12/h3-5,7,9-10H,8H2,1-2H3. The van der Waals surface area contributed by atoms with Crippen LogP contribution in [0.4, 0.5) is 0 Å². The van der Waals surface area contributed by atoms with Gasteiger partial charge < -0.3 is 0 Å². The van der Waals surface area contributed by atoms with Crippen LogP contribution in [0.3, 0.4) is 0 Å². The largest absolute Gasteiger partial charge is 0.272 e. The van der Waals surface area contributed by atoms with Crippen molar-refractivity contribution in [2.24, 2.45) is 5.92 Å². The van der Waals surface area contributed by atoms with Gasteiger partial charge in [-0.1, -0.05) is 25.4 Å². The average Bonchev–Trinajstić information content (AvgIpc) is 2.75. The summed E-state index contributed by atoms with van der Waals surface area (Å²) in [5.41, 5.74) is 2.47. The van der Waals surface area contributed by atoms with Crippen LogP contribution in [0.2, 0.25) is 5.02 Å². The van der Waals surface area contributed by atoms with Crippen molar-refractivity contribution in [2.75, 3.05) is 0 Å². The molecule has 0 fully saturated rings. The fourth-order valence-corrected chi connectivity index (χ4v) is 2.04. The molecule has 3 nitrogen and oxygen atoms in total. The van der Waals surface area contributed by atoms with E-state index in [1.807, 2.05) is 23.0 Å². The van der Waals surface area contributed by atoms with Gasteiger partial charge in [0.05, 0.1) is 17.8 Å². The van der Waals surface area contributed by atoms with E-state index in [4.69, 9.17) is 16.9 Å². The molecular weight excluding hydrogens is 246 g/mol. The number of nitrogens with zero attached hydrogens (tertiary/aromatic N) is 3. The van der Waals surface area contributed by atoms with Crippen molar-refractivity contribution >= 4 is 11.6 Å². The summed E-state index contributed by atoms with van der Waals surface area (Å²) in [6.45, 7) is 5.18. The van der Waals surface area contributed by atoms with Crippen molar-refractivity contribution in [3.63, 3.8) is 0 Å². The van der Waals surface area contributed by atoms with E-state index >= 15 is 0 Å². The van der Waals surface area contributed by atoms with Crippen LogP contribution in [0.25, 0.3) is 11.1 Å². The van der Waals surface area contributed by atoms with Gasteiger partial charge in [-0.25, -0.2) is 0 Å². The quantitative estimate of drug-likeness (QED) is 0.843. The molecule has 2 aromatic rings. The highest BCUT2D eigenvalue weighted by Crippen LogP contribution is 2.24. The average molecular weight is 260 g/mol. The van der Waals surface area contributed by atoms with Crippen LogP contribution in [-0.2, 0) is 6.54 Å². The zero-order valence-electron chi connectivity index (χ0n) is 10.4. The first-order valence-corrected chi connectivity index (χ1v) is 6.20. The Balaban J connectivity index is 2.34. The Hall–Kier alpha value is -1.79. The van der Waals surface area contributed by atoms with Gasteiger partial charge in [0.1, 0.15) is 0 Å². The van der Waals surface area contributed by atoms with E-state index in [1.54, 1.807) is 12.3 Å². The third-order valence-corrected chi connectivity index (χ3v) is 2.76. The summed E-state index contributed by atoms with van der Waals surface area (Å²) in [5.74, 6) is 0.548. The van der Waals surface area contributed by atoms with E-state index in [0.717, 1.165) is 17.7 Å². The maximum Gasteiger partial charge on any atom is 0.0992 e. The molecular formula is C14H14ClN3. The van der Waals surface area contributed by atoms with Gasteiger partial charge >= 0.3 is 0 Å². The fraction of sp³-hybridized carbons (Fsp3) is 0.286. The monoisotopic (exact) mass is 259 g/mol. The molecule has 1 aromatic carbocycles. The van der Waals surface area contributed by atoms with Crippen molar-refractivity contribution in [2.45, 2.75) is 20.4 Å². The Kier molecular flexibility index (Phi) is 3.69. The molecule has 0 saturated carbocycles. The van der Waals surface area contributed by atoms with Crippen molar-refractivity contribution in [3.8, 4) is 17.2 Å². The highest BCUT2D eigenvalue weighted by Gasteiger charge is 2.06. The summed E-state index contributed by atoms with van der Waals surface area (Å²) >= 11 is 5.99. The summed E-state index contributed by atoms with van der Waals surface area (Å²) in [4.78, 5) is 0. The third kappa shape index (κ3) is 2.91. The number of benzene rings is 1. The minimum absolute atomic E-state index is 0.548. The predicted octanol–water partition coefficient (Wildman–Crippen LogP) is 3.73. The predicted molar refractivity (Wildman–Crippen MR) is 72.2 cm³/mol. The van der Waals surface area contributed by atoms with Crippen LogP contribution >= 0.6 is 11.6 Å². The molecule has 0 atom stereocenters. The molecule has 0 saturated heterocycles. The summed E-state index contributed by atoms with van der Waals surface area (Å²) < 4.78 is 1.91. The molecule has 2 rings (SSSR count). The number of hydrogen-bond acceptors (Lipinski definition) is 2. The normalized spacial score (nSPS) is 10.6. The molecule has 0 amide bonds. The van der Waals surface area contributed by atoms with E-state index in [1.165, 1.54) is 0 Å². The van der Waals surface area contributed by atoms with Crippen LogP contribution < -0.4 is 0 Å². The van der Waals surface area contributed by atoms with Gasteiger partial charge in [-0.15, -0.1) is 0 Å². The first kappa shape index (κ1) is 12.7. The molecule has 0 unspecified atom stereocenters. The molecule has 0 radical (unpaired) electrons. The molecule has 0 spiro atoms. The first-order valence-electron chi connectivity index (χ1n) is 5.82. The van der Waals surface area contributed by atoms with E-state index in [0.29, 0.717) is 16.5 Å². The first-order chi connectivity index (χ1) is 8.58. The van der Waals surface area contributed by atoms with Crippen LogP contribution in [-0.4, -0.2) is 9.78 Å². The second-order valence-corrected chi connectivity index (χ2v) is 5.12. The minimum Gasteiger partial charge on any atom is -0.272 e. The number of aromatic nitrogens is 2. The molecule has 0 aliphatic carbocycles. The zero-order valence-corrected chi connectivity index (χ0v) is 11.1. The molecule has 1 aromatic heterocycles. The van der Waals surface area contributed by atoms with E-state index < -0.39 is 0 Å². The second-order valence-electron chi connectivity index (χ2n) is 4.69. The highest BCUT2D eigenvalue weighted by atomic mass is 35.5. The Morgan fingerprint density at radius 2 is 2.11 bits per heavy atom. The molecule has 0 bridgehead atoms. The third-order valence-electron chi connectivity index (χ3n) is 2.55. The summed E-state index contributed by atoms with van der Waals surface area (Å²) in [5, 5.41) is 13.8. The van der Waals surface area contributed by atoms with Crippen LogP contribution in [0, 0.1) is 17.2 Å². The Morgan fingerprint density at radius 1 is 1.33 bits per heavy atom. The van der Waals surface area contributed by atoms with Crippen LogP contribution in [0.5, 0.6) is 0 Å². The lowest BCUT2D eigenvalue weighted by Gasteiger charge is -2.03. The fourth-order valence-electron chi connectivity index (χ4n) is 1.81. The summed E-state index contributed by atoms with van der Waals surface area (Å²) in [7, 11) is 0. The topological polar surface area (TPSA) is 41.6 Å². The van der Waals surface area contributed by atoms with Gasteiger partial charge in [0.2, 0.25) is 0 Å². The van der Waals surface area contributed by atoms with Gasteiger partial charge in [0.25, 0.3) is 0 Å². The number of hydrogen-bond donors (Lipinski definition) is 0. The summed E-state index contributed by atoms with van der Waals surface area (Å²) in [6, 6.07) is 7.43. The molecule has 0 aliphatic rings. The van der Waals surface area contributed by atoms with E-state index in [2.05, 4.69) is 25.0 Å². The molecule has 18 heavy (non-hydrogen) atoms. The molecule has 92 valence electrons. The Bertz CT molecular complexity index is 593. The van der Waals surface area contributed by atoms with Crippen LogP contribution in [0.1, 0.15) is 19.4 Å². The highest BCUT2D eigenvalue weighted by molar-refractivity contribution is 6.31. The lowest BCUT2D eigenvalue weighted by Crippen LogP contribution is -2.03. The van der Waals surface area contributed by atoms with Gasteiger partial charge in [-0.2, -0.15) is 10.4 Å². The van der Waals surface area contributed by atoms with E-state index in [9.17, 15) is 0 Å². The van der Waals surface area contributed by atoms with Crippen molar-refractivity contribution < 1.29 is 0 Å². The second kappa shape index (κ2) is 5.24. The number of rotatable bonds is 3. The van der Waals surface area contributed by atoms with Crippen LogP contribution in [0.15, 0.2) is 30.6 Å². The van der Waals surface area contributed by atoms with Gasteiger partial charge in [0, 0.05) is 23.3 Å². The Morgan fingerprint density at radius 3 is 2.78 bits per heavy atom. The minimum atomic E-state index is 0.548. The molecule has 0 aliphatic heterocycles. The van der Waals surface area contributed by atoms with Crippen molar-refractivity contribution in [1.82, 2.24) is 9.78 Å². The number of halogens is 1. The Labute approximate surface area is 112 Å². The van der Waals surface area contributed by atoms with Gasteiger partial charge in [-0.3, -0.25) is 4.68 Å². The lowest BCUT2D eigenvalue weighted by molar-refractivity contribution is 0.483. The molecule has 4 heteroatoms. The molecule has 0 N–H and O–H groups in total. The maximum absolute atomic E-state index is 8.93. The summed E-state index contributed by atoms with van der Waals surface area (Å²) in [6.07, 6.45) is 3.78. The van der Waals surface area contributed by atoms with Crippen molar-refractivity contribution in [1.29, 1.82) is 5.26 Å². The number of nitriles is 1. The zero-order chi connectivity index (χ0) is 13.1. The SMILES string of the molecule is CC(C)Cn1cc(-c2cc(Cl)cc(C#N)c2)cn1. The van der Waals surface area contributed by atoms with Gasteiger partial charge in [0.15, 0.2) is 0 Å². The maximum atomic E-state index is 8.93. The molecule has 1 heterocycles. The van der Waals surface area contributed by atoms with E-state index in [-0.39, 0.29) is 0 Å². The van der Waals surface area contributed by atoms with Gasteiger partial charge in [-0.05, 0) is 29.7 Å². The smallest absolute Gasteiger partial charge is 0.0992 e. The lowest BCUT2D eigenvalue weighted by atomic mass is 10.1. The van der Waals surface area contributed by atoms with Crippen molar-refractivity contribution in [3.05, 3.63) is 41.2 Å².